The topological polar surface area (TPSA) is 66.5 Å². The third-order valence-electron chi connectivity index (χ3n) is 5.37. The molecule has 0 spiro atoms. The first kappa shape index (κ1) is 19.6. The van der Waals surface area contributed by atoms with E-state index in [2.05, 4.69) is 12.2 Å². The molecule has 1 atom stereocenters. The zero-order valence-corrected chi connectivity index (χ0v) is 16.7. The van der Waals surface area contributed by atoms with Gasteiger partial charge in [-0.2, -0.15) is 0 Å². The van der Waals surface area contributed by atoms with Gasteiger partial charge in [0, 0.05) is 12.1 Å². The first-order valence-corrected chi connectivity index (χ1v) is 9.92. The van der Waals surface area contributed by atoms with Crippen molar-refractivity contribution < 1.29 is 14.4 Å². The molecule has 0 radical (unpaired) electrons. The number of hydrogen-bond acceptors (Lipinski definition) is 3. The summed E-state index contributed by atoms with van der Waals surface area (Å²) in [6, 6.07) is 23.9. The lowest BCUT2D eigenvalue weighted by Crippen LogP contribution is -2.29. The summed E-state index contributed by atoms with van der Waals surface area (Å²) in [5.74, 6) is -0.507. The zero-order valence-electron chi connectivity index (χ0n) is 16.7. The molecule has 0 saturated heterocycles. The predicted molar refractivity (Wildman–Crippen MR) is 114 cm³/mol. The lowest BCUT2D eigenvalue weighted by atomic mass is 10.0. The Labute approximate surface area is 175 Å². The molecule has 3 aromatic carbocycles. The lowest BCUT2D eigenvalue weighted by molar-refractivity contribution is 0.0641. The van der Waals surface area contributed by atoms with Crippen molar-refractivity contribution in [3.63, 3.8) is 0 Å². The molecule has 5 heteroatoms. The van der Waals surface area contributed by atoms with Gasteiger partial charge in [0.05, 0.1) is 17.7 Å². The summed E-state index contributed by atoms with van der Waals surface area (Å²) in [6.07, 6.45) is 0. The fourth-order valence-electron chi connectivity index (χ4n) is 3.57. The summed E-state index contributed by atoms with van der Waals surface area (Å²) in [7, 11) is 0. The number of rotatable bonds is 6. The predicted octanol–water partition coefficient (Wildman–Crippen LogP) is 4.02. The Bertz CT molecular complexity index is 1060. The molecule has 150 valence electrons. The average molecular weight is 398 g/mol. The van der Waals surface area contributed by atoms with Crippen molar-refractivity contribution in [2.24, 2.45) is 0 Å². The molecular weight excluding hydrogens is 376 g/mol. The van der Waals surface area contributed by atoms with Crippen LogP contribution in [0, 0.1) is 0 Å². The van der Waals surface area contributed by atoms with Gasteiger partial charge in [0.15, 0.2) is 0 Å². The third kappa shape index (κ3) is 3.87. The van der Waals surface area contributed by atoms with Gasteiger partial charge in [0.25, 0.3) is 17.7 Å². The van der Waals surface area contributed by atoms with Crippen LogP contribution >= 0.6 is 0 Å². The molecule has 1 aliphatic heterocycles. The molecule has 1 aliphatic rings. The first-order chi connectivity index (χ1) is 14.5. The number of hydrogen-bond donors (Lipinski definition) is 1. The van der Waals surface area contributed by atoms with Crippen LogP contribution in [0.2, 0.25) is 0 Å². The first-order valence-electron chi connectivity index (χ1n) is 9.92. The van der Waals surface area contributed by atoms with E-state index in [9.17, 15) is 14.4 Å². The van der Waals surface area contributed by atoms with Crippen LogP contribution in [0.3, 0.4) is 0 Å². The van der Waals surface area contributed by atoms with Crippen molar-refractivity contribution in [1.82, 2.24) is 10.2 Å². The van der Waals surface area contributed by atoms with Gasteiger partial charge in [-0.05, 0) is 41.3 Å². The maximum Gasteiger partial charge on any atom is 0.261 e. The molecule has 3 aromatic rings. The monoisotopic (exact) mass is 398 g/mol. The van der Waals surface area contributed by atoms with Gasteiger partial charge in [0.1, 0.15) is 0 Å². The number of carbonyl (C=O) groups is 3. The number of fused-ring (bicyclic) bond motifs is 1. The molecular formula is C25H22N2O3. The maximum absolute atomic E-state index is 12.5. The Morgan fingerprint density at radius 2 is 1.40 bits per heavy atom. The average Bonchev–Trinajstić information content (AvgIpc) is 3.03. The van der Waals surface area contributed by atoms with E-state index in [1.54, 1.807) is 48.5 Å². The Kier molecular flexibility index (Phi) is 5.44. The highest BCUT2D eigenvalue weighted by Crippen LogP contribution is 2.24. The van der Waals surface area contributed by atoms with Gasteiger partial charge in [-0.15, -0.1) is 0 Å². The largest absolute Gasteiger partial charge is 0.351 e. The highest BCUT2D eigenvalue weighted by atomic mass is 16.2. The molecule has 0 fully saturated rings. The highest BCUT2D eigenvalue weighted by molar-refractivity contribution is 6.21. The van der Waals surface area contributed by atoms with E-state index >= 15 is 0 Å². The molecule has 30 heavy (non-hydrogen) atoms. The molecule has 1 heterocycles. The van der Waals surface area contributed by atoms with Crippen molar-refractivity contribution in [1.29, 1.82) is 0 Å². The van der Waals surface area contributed by atoms with E-state index < -0.39 is 0 Å². The smallest absolute Gasteiger partial charge is 0.261 e. The third-order valence-corrected chi connectivity index (χ3v) is 5.37. The van der Waals surface area contributed by atoms with Crippen LogP contribution in [0.25, 0.3) is 0 Å². The highest BCUT2D eigenvalue weighted by Gasteiger charge is 2.34. The number of carbonyl (C=O) groups excluding carboxylic acids is 3. The van der Waals surface area contributed by atoms with Gasteiger partial charge < -0.3 is 5.32 Å². The van der Waals surface area contributed by atoms with Gasteiger partial charge in [-0.1, -0.05) is 61.5 Å². The zero-order chi connectivity index (χ0) is 21.1. The molecule has 0 saturated carbocycles. The summed E-state index contributed by atoms with van der Waals surface area (Å²) >= 11 is 0. The van der Waals surface area contributed by atoms with Crippen LogP contribution in [0.4, 0.5) is 0 Å². The minimum absolute atomic E-state index is 0.148. The van der Waals surface area contributed by atoms with Gasteiger partial charge in [0.2, 0.25) is 0 Å². The summed E-state index contributed by atoms with van der Waals surface area (Å²) < 4.78 is 0. The second-order valence-electron chi connectivity index (χ2n) is 7.46. The van der Waals surface area contributed by atoms with Crippen LogP contribution in [-0.4, -0.2) is 29.2 Å². The second kappa shape index (κ2) is 8.33. The van der Waals surface area contributed by atoms with Crippen LogP contribution in [0.1, 0.15) is 55.0 Å². The van der Waals surface area contributed by atoms with Gasteiger partial charge >= 0.3 is 0 Å². The van der Waals surface area contributed by atoms with Crippen molar-refractivity contribution in [2.75, 3.05) is 6.54 Å². The molecule has 5 nitrogen and oxygen atoms in total. The fourth-order valence-corrected chi connectivity index (χ4v) is 3.57. The second-order valence-corrected chi connectivity index (χ2v) is 7.46. The van der Waals surface area contributed by atoms with Crippen LogP contribution in [0.15, 0.2) is 78.9 Å². The lowest BCUT2D eigenvalue weighted by Gasteiger charge is -2.15. The van der Waals surface area contributed by atoms with E-state index in [1.165, 1.54) is 10.5 Å². The van der Waals surface area contributed by atoms with Crippen molar-refractivity contribution in [2.45, 2.75) is 19.4 Å². The number of imide groups is 1. The Morgan fingerprint density at radius 1 is 0.833 bits per heavy atom. The summed E-state index contributed by atoms with van der Waals surface area (Å²) in [6.45, 7) is 2.79. The fraction of sp³-hybridized carbons (Fsp3) is 0.160. The van der Waals surface area contributed by atoms with E-state index in [0.29, 0.717) is 23.2 Å². The number of amides is 3. The SMILES string of the molecule is CC(CNC(=O)c1ccc(CN2C(=O)c3ccccc3C2=O)cc1)c1ccccc1. The number of nitrogens with one attached hydrogen (secondary N) is 1. The van der Waals surface area contributed by atoms with E-state index in [1.807, 2.05) is 30.3 Å². The molecule has 0 aliphatic carbocycles. The van der Waals surface area contributed by atoms with Crippen LogP contribution in [0.5, 0.6) is 0 Å². The van der Waals surface area contributed by atoms with Crippen molar-refractivity contribution in [3.05, 3.63) is 107 Å². The standard InChI is InChI=1S/C25H22N2O3/c1-17(19-7-3-2-4-8-19)15-26-23(28)20-13-11-18(12-14-20)16-27-24(29)21-9-5-6-10-22(21)25(27)30/h2-14,17H,15-16H2,1H3,(H,26,28). The van der Waals surface area contributed by atoms with Gasteiger partial charge in [-0.25, -0.2) is 0 Å². The van der Waals surface area contributed by atoms with E-state index in [4.69, 9.17) is 0 Å². The van der Waals surface area contributed by atoms with Crippen LogP contribution < -0.4 is 5.32 Å². The van der Waals surface area contributed by atoms with E-state index in [-0.39, 0.29) is 30.2 Å². The van der Waals surface area contributed by atoms with Crippen molar-refractivity contribution in [3.8, 4) is 0 Å². The summed E-state index contributed by atoms with van der Waals surface area (Å²) in [4.78, 5) is 38.7. The Morgan fingerprint density at radius 3 is 2.00 bits per heavy atom. The van der Waals surface area contributed by atoms with E-state index in [0.717, 1.165) is 5.56 Å². The minimum atomic E-state index is -0.285. The molecule has 1 unspecified atom stereocenters. The maximum atomic E-state index is 12.5. The summed E-state index contributed by atoms with van der Waals surface area (Å²) in [5, 5.41) is 2.96. The van der Waals surface area contributed by atoms with Crippen LogP contribution in [-0.2, 0) is 6.54 Å². The molecule has 0 bridgehead atoms. The van der Waals surface area contributed by atoms with Gasteiger partial charge in [-0.3, -0.25) is 19.3 Å². The number of nitrogens with zero attached hydrogens (tertiary/aromatic N) is 1. The quantitative estimate of drug-likeness (QED) is 0.638. The summed E-state index contributed by atoms with van der Waals surface area (Å²) in [5.41, 5.74) is 3.38. The molecule has 0 aromatic heterocycles. The minimum Gasteiger partial charge on any atom is -0.351 e. The Hall–Kier alpha value is -3.73. The normalized spacial score (nSPS) is 13.8. The molecule has 1 N–H and O–H groups in total. The number of benzene rings is 3. The molecule has 4 rings (SSSR count). The molecule has 3 amide bonds. The Balaban J connectivity index is 1.37. The van der Waals surface area contributed by atoms with Crippen molar-refractivity contribution >= 4 is 17.7 Å².